The van der Waals surface area contributed by atoms with Gasteiger partial charge in [-0.25, -0.2) is 0 Å². The highest BCUT2D eigenvalue weighted by atomic mass is 16.2. The second-order valence-corrected chi connectivity index (χ2v) is 6.26. The lowest BCUT2D eigenvalue weighted by Gasteiger charge is -2.23. The van der Waals surface area contributed by atoms with Gasteiger partial charge in [0.25, 0.3) is 5.91 Å². The van der Waals surface area contributed by atoms with E-state index in [1.807, 2.05) is 37.3 Å². The number of ketones is 1. The molecule has 5 nitrogen and oxygen atoms in total. The molecule has 0 saturated carbocycles. The largest absolute Gasteiger partial charge is 0.368 e. The first kappa shape index (κ1) is 16.9. The number of primary amides is 1. The first-order valence-electron chi connectivity index (χ1n) is 8.27. The van der Waals surface area contributed by atoms with E-state index in [0.717, 1.165) is 16.7 Å². The molecule has 2 aromatic rings. The monoisotopic (exact) mass is 336 g/mol. The van der Waals surface area contributed by atoms with Gasteiger partial charge >= 0.3 is 0 Å². The summed E-state index contributed by atoms with van der Waals surface area (Å²) in [6.45, 7) is 3.77. The van der Waals surface area contributed by atoms with Crippen LogP contribution in [0.1, 0.15) is 46.5 Å². The summed E-state index contributed by atoms with van der Waals surface area (Å²) in [5, 5.41) is 0. The highest BCUT2D eigenvalue weighted by molar-refractivity contribution is 6.02. The summed E-state index contributed by atoms with van der Waals surface area (Å²) in [4.78, 5) is 37.2. The number of hydrogen-bond acceptors (Lipinski definition) is 3. The van der Waals surface area contributed by atoms with Crippen LogP contribution >= 0.6 is 0 Å². The van der Waals surface area contributed by atoms with E-state index < -0.39 is 11.9 Å². The van der Waals surface area contributed by atoms with Crippen LogP contribution in [0, 0.1) is 0 Å². The van der Waals surface area contributed by atoms with E-state index in [0.29, 0.717) is 24.1 Å². The molecule has 0 aromatic heterocycles. The molecule has 0 aliphatic carbocycles. The molecule has 0 spiro atoms. The van der Waals surface area contributed by atoms with Crippen LogP contribution < -0.4 is 5.73 Å². The molecule has 128 valence electrons. The minimum absolute atomic E-state index is 0.0170. The number of hydrogen-bond donors (Lipinski definition) is 1. The summed E-state index contributed by atoms with van der Waals surface area (Å²) in [5.74, 6) is -0.630. The number of nitrogens with zero attached hydrogens (tertiary/aromatic N) is 1. The van der Waals surface area contributed by atoms with E-state index in [9.17, 15) is 14.4 Å². The number of Topliss-reactive ketones (excluding diaryl/α,β-unsaturated/α-hetero) is 1. The van der Waals surface area contributed by atoms with Gasteiger partial charge in [-0.05, 0) is 36.1 Å². The summed E-state index contributed by atoms with van der Waals surface area (Å²) in [6.07, 6.45) is 0.494. The first-order chi connectivity index (χ1) is 11.9. The van der Waals surface area contributed by atoms with Crippen LogP contribution in [0.15, 0.2) is 42.5 Å². The van der Waals surface area contributed by atoms with Crippen molar-refractivity contribution in [3.05, 3.63) is 59.2 Å². The number of amides is 2. The van der Waals surface area contributed by atoms with E-state index in [1.54, 1.807) is 12.1 Å². The second-order valence-electron chi connectivity index (χ2n) is 6.26. The molecule has 25 heavy (non-hydrogen) atoms. The van der Waals surface area contributed by atoms with Crippen LogP contribution in [-0.4, -0.2) is 28.5 Å². The predicted molar refractivity (Wildman–Crippen MR) is 95.0 cm³/mol. The van der Waals surface area contributed by atoms with Crippen LogP contribution in [0.5, 0.6) is 0 Å². The molecule has 0 bridgehead atoms. The molecule has 1 aliphatic heterocycles. The maximum atomic E-state index is 12.7. The first-order valence-corrected chi connectivity index (χ1v) is 8.27. The summed E-state index contributed by atoms with van der Waals surface area (Å²) in [7, 11) is 0. The van der Waals surface area contributed by atoms with E-state index in [1.165, 1.54) is 11.8 Å². The number of nitrogens with two attached hydrogens (primary N) is 1. The number of rotatable bonds is 5. The Morgan fingerprint density at radius 1 is 1.12 bits per heavy atom. The number of carbonyl (C=O) groups is 3. The molecule has 1 aliphatic rings. The molecule has 0 fully saturated rings. The van der Waals surface area contributed by atoms with E-state index >= 15 is 0 Å². The molecule has 5 heteroatoms. The topological polar surface area (TPSA) is 80.5 Å². The molecular weight excluding hydrogens is 316 g/mol. The second kappa shape index (κ2) is 6.51. The standard InChI is InChI=1S/C20H20N2O3/c1-3-18(19(21)24)22-11-16-9-8-15(10-17(16)20(22)25)14-6-4-13(5-7-14)12(2)23/h4-10,18H,3,11H2,1-2H3,(H2,21,24). The van der Waals surface area contributed by atoms with Crippen LogP contribution in [0.2, 0.25) is 0 Å². The zero-order chi connectivity index (χ0) is 18.1. The zero-order valence-corrected chi connectivity index (χ0v) is 14.3. The lowest BCUT2D eigenvalue weighted by Crippen LogP contribution is -2.44. The molecular formula is C20H20N2O3. The quantitative estimate of drug-likeness (QED) is 0.853. The summed E-state index contributed by atoms with van der Waals surface area (Å²) < 4.78 is 0. The van der Waals surface area contributed by atoms with Gasteiger partial charge in [-0.15, -0.1) is 0 Å². The highest BCUT2D eigenvalue weighted by Crippen LogP contribution is 2.30. The van der Waals surface area contributed by atoms with Crippen molar-refractivity contribution in [2.75, 3.05) is 0 Å². The molecule has 1 heterocycles. The molecule has 2 amide bonds. The van der Waals surface area contributed by atoms with Crippen molar-refractivity contribution in [2.45, 2.75) is 32.9 Å². The fourth-order valence-corrected chi connectivity index (χ4v) is 3.23. The lowest BCUT2D eigenvalue weighted by atomic mass is 9.99. The van der Waals surface area contributed by atoms with Gasteiger partial charge < -0.3 is 10.6 Å². The van der Waals surface area contributed by atoms with Crippen LogP contribution in [0.3, 0.4) is 0 Å². The number of fused-ring (bicyclic) bond motifs is 1. The van der Waals surface area contributed by atoms with Gasteiger partial charge in [0.15, 0.2) is 5.78 Å². The average Bonchev–Trinajstić information content (AvgIpc) is 2.91. The zero-order valence-electron chi connectivity index (χ0n) is 14.3. The third-order valence-electron chi connectivity index (χ3n) is 4.66. The van der Waals surface area contributed by atoms with Crippen LogP contribution in [0.4, 0.5) is 0 Å². The third-order valence-corrected chi connectivity index (χ3v) is 4.66. The minimum atomic E-state index is -0.585. The van der Waals surface area contributed by atoms with Gasteiger partial charge in [0.05, 0.1) is 0 Å². The minimum Gasteiger partial charge on any atom is -0.368 e. The van der Waals surface area contributed by atoms with Crippen molar-refractivity contribution in [1.29, 1.82) is 0 Å². The fourth-order valence-electron chi connectivity index (χ4n) is 3.23. The Labute approximate surface area is 146 Å². The van der Waals surface area contributed by atoms with Gasteiger partial charge in [0.1, 0.15) is 6.04 Å². The van der Waals surface area contributed by atoms with Gasteiger partial charge in [-0.1, -0.05) is 43.3 Å². The highest BCUT2D eigenvalue weighted by Gasteiger charge is 2.34. The van der Waals surface area contributed by atoms with Crippen LogP contribution in [0.25, 0.3) is 11.1 Å². The Hall–Kier alpha value is -2.95. The van der Waals surface area contributed by atoms with Gasteiger partial charge in [-0.2, -0.15) is 0 Å². The van der Waals surface area contributed by atoms with Gasteiger partial charge in [0.2, 0.25) is 5.91 Å². The van der Waals surface area contributed by atoms with Crippen molar-refractivity contribution in [3.63, 3.8) is 0 Å². The predicted octanol–water partition coefficient (Wildman–Crippen LogP) is 2.78. The van der Waals surface area contributed by atoms with E-state index in [-0.39, 0.29) is 11.7 Å². The van der Waals surface area contributed by atoms with Crippen molar-refractivity contribution in [2.24, 2.45) is 5.73 Å². The average molecular weight is 336 g/mol. The third kappa shape index (κ3) is 3.05. The molecule has 2 N–H and O–H groups in total. The Morgan fingerprint density at radius 2 is 1.76 bits per heavy atom. The SMILES string of the molecule is CCC(C(N)=O)N1Cc2ccc(-c3ccc(C(C)=O)cc3)cc2C1=O. The Kier molecular flexibility index (Phi) is 4.40. The summed E-state index contributed by atoms with van der Waals surface area (Å²) >= 11 is 0. The van der Waals surface area contributed by atoms with Crippen molar-refractivity contribution in [3.8, 4) is 11.1 Å². The van der Waals surface area contributed by atoms with Crippen molar-refractivity contribution in [1.82, 2.24) is 4.90 Å². The van der Waals surface area contributed by atoms with Gasteiger partial charge in [0, 0.05) is 17.7 Å². The summed E-state index contributed by atoms with van der Waals surface area (Å²) in [5.41, 5.74) is 9.41. The fraction of sp³-hybridized carbons (Fsp3) is 0.250. The lowest BCUT2D eigenvalue weighted by molar-refractivity contribution is -0.122. The van der Waals surface area contributed by atoms with Crippen molar-refractivity contribution >= 4 is 17.6 Å². The van der Waals surface area contributed by atoms with Crippen molar-refractivity contribution < 1.29 is 14.4 Å². The van der Waals surface area contributed by atoms with Gasteiger partial charge in [-0.3, -0.25) is 14.4 Å². The van der Waals surface area contributed by atoms with E-state index in [4.69, 9.17) is 5.73 Å². The number of benzene rings is 2. The summed E-state index contributed by atoms with van der Waals surface area (Å²) in [6, 6.07) is 12.4. The maximum Gasteiger partial charge on any atom is 0.255 e. The normalized spacial score (nSPS) is 14.3. The molecule has 0 radical (unpaired) electrons. The molecule has 3 rings (SSSR count). The van der Waals surface area contributed by atoms with Crippen LogP contribution in [-0.2, 0) is 11.3 Å². The molecule has 0 saturated heterocycles. The maximum absolute atomic E-state index is 12.7. The smallest absolute Gasteiger partial charge is 0.255 e. The Balaban J connectivity index is 1.92. The number of carbonyl (C=O) groups excluding carboxylic acids is 3. The Bertz CT molecular complexity index is 856. The van der Waals surface area contributed by atoms with E-state index in [2.05, 4.69) is 0 Å². The molecule has 1 unspecified atom stereocenters. The Morgan fingerprint density at radius 3 is 2.32 bits per heavy atom. The molecule has 2 aromatic carbocycles. The molecule has 1 atom stereocenters.